The average Bonchev–Trinajstić information content (AvgIpc) is 2.76. The number of hydrogen-bond acceptors (Lipinski definition) is 3. The summed E-state index contributed by atoms with van der Waals surface area (Å²) in [6.07, 6.45) is 3.86. The first-order valence-electron chi connectivity index (χ1n) is 5.99. The van der Waals surface area contributed by atoms with E-state index in [1.54, 1.807) is 6.92 Å². The fourth-order valence-electron chi connectivity index (χ4n) is 1.73. The highest BCUT2D eigenvalue weighted by Crippen LogP contribution is 2.09. The van der Waals surface area contributed by atoms with Gasteiger partial charge in [0, 0.05) is 24.0 Å². The molecule has 2 rings (SSSR count). The first-order valence-corrected chi connectivity index (χ1v) is 5.99. The molecule has 0 radical (unpaired) electrons. The number of anilines is 1. The summed E-state index contributed by atoms with van der Waals surface area (Å²) in [6, 6.07) is 7.52. The molecule has 0 bridgehead atoms. The zero-order valence-electron chi connectivity index (χ0n) is 10.7. The first-order chi connectivity index (χ1) is 8.65. The third-order valence-electron chi connectivity index (χ3n) is 2.72. The van der Waals surface area contributed by atoms with E-state index in [1.165, 1.54) is 5.56 Å². The van der Waals surface area contributed by atoms with Crippen molar-refractivity contribution in [2.45, 2.75) is 20.4 Å². The molecule has 0 fully saturated rings. The Bertz CT molecular complexity index is 528. The van der Waals surface area contributed by atoms with Crippen LogP contribution >= 0.6 is 0 Å². The van der Waals surface area contributed by atoms with Crippen LogP contribution in [0, 0.1) is 6.92 Å². The number of aromatic nitrogens is 2. The van der Waals surface area contributed by atoms with Crippen LogP contribution in [-0.4, -0.2) is 22.1 Å². The van der Waals surface area contributed by atoms with E-state index in [0.29, 0.717) is 0 Å². The second-order valence-corrected chi connectivity index (χ2v) is 4.34. The van der Waals surface area contributed by atoms with Gasteiger partial charge in [0.05, 0.1) is 12.7 Å². The third kappa shape index (κ3) is 3.20. The van der Waals surface area contributed by atoms with Gasteiger partial charge < -0.3 is 5.32 Å². The molecule has 18 heavy (non-hydrogen) atoms. The van der Waals surface area contributed by atoms with Gasteiger partial charge in [0.15, 0.2) is 5.78 Å². The number of carbonyl (C=O) groups excluding carboxylic acids is 1. The van der Waals surface area contributed by atoms with Crippen molar-refractivity contribution < 1.29 is 4.79 Å². The Morgan fingerprint density at radius 1 is 1.33 bits per heavy atom. The molecule has 4 heteroatoms. The minimum atomic E-state index is 0.0913. The van der Waals surface area contributed by atoms with Crippen LogP contribution in [-0.2, 0) is 6.54 Å². The highest BCUT2D eigenvalue weighted by atomic mass is 16.1. The van der Waals surface area contributed by atoms with Crippen LogP contribution in [0.2, 0.25) is 0 Å². The first kappa shape index (κ1) is 12.4. The van der Waals surface area contributed by atoms with Gasteiger partial charge in [-0.05, 0) is 43.7 Å². The lowest BCUT2D eigenvalue weighted by Crippen LogP contribution is -2.10. The van der Waals surface area contributed by atoms with Gasteiger partial charge in [-0.1, -0.05) is 0 Å². The fourth-order valence-corrected chi connectivity index (χ4v) is 1.73. The molecule has 0 amide bonds. The molecule has 0 saturated carbocycles. The molecular formula is C14H17N3O. The predicted molar refractivity (Wildman–Crippen MR) is 71.9 cm³/mol. The van der Waals surface area contributed by atoms with Crippen LogP contribution in [0.4, 0.5) is 5.69 Å². The number of carbonyl (C=O) groups is 1. The van der Waals surface area contributed by atoms with E-state index in [1.807, 2.05) is 48.3 Å². The van der Waals surface area contributed by atoms with E-state index < -0.39 is 0 Å². The van der Waals surface area contributed by atoms with Crippen LogP contribution in [0.1, 0.15) is 22.8 Å². The Labute approximate surface area is 107 Å². The van der Waals surface area contributed by atoms with Crippen molar-refractivity contribution in [3.8, 4) is 0 Å². The molecule has 2 aromatic rings. The van der Waals surface area contributed by atoms with E-state index in [0.717, 1.165) is 24.3 Å². The SMILES string of the molecule is CC(=O)c1ccc(NCCn2cc(C)cn2)cc1. The molecule has 0 saturated heterocycles. The summed E-state index contributed by atoms with van der Waals surface area (Å²) in [5, 5.41) is 7.51. The van der Waals surface area contributed by atoms with Crippen molar-refractivity contribution in [1.82, 2.24) is 9.78 Å². The molecule has 1 aromatic heterocycles. The molecule has 1 heterocycles. The Balaban J connectivity index is 1.85. The highest BCUT2D eigenvalue weighted by Gasteiger charge is 1.99. The molecule has 1 aromatic carbocycles. The highest BCUT2D eigenvalue weighted by molar-refractivity contribution is 5.94. The Hall–Kier alpha value is -2.10. The second kappa shape index (κ2) is 5.49. The van der Waals surface area contributed by atoms with Crippen LogP contribution < -0.4 is 5.32 Å². The smallest absolute Gasteiger partial charge is 0.159 e. The molecule has 94 valence electrons. The van der Waals surface area contributed by atoms with Crippen molar-refractivity contribution in [3.63, 3.8) is 0 Å². The zero-order chi connectivity index (χ0) is 13.0. The van der Waals surface area contributed by atoms with Gasteiger partial charge in [-0.3, -0.25) is 9.48 Å². The van der Waals surface area contributed by atoms with Crippen molar-refractivity contribution in [2.75, 3.05) is 11.9 Å². The summed E-state index contributed by atoms with van der Waals surface area (Å²) in [4.78, 5) is 11.1. The van der Waals surface area contributed by atoms with E-state index in [2.05, 4.69) is 10.4 Å². The third-order valence-corrected chi connectivity index (χ3v) is 2.72. The maximum atomic E-state index is 11.1. The van der Waals surface area contributed by atoms with Crippen molar-refractivity contribution in [1.29, 1.82) is 0 Å². The lowest BCUT2D eigenvalue weighted by molar-refractivity contribution is 0.101. The van der Waals surface area contributed by atoms with Crippen molar-refractivity contribution in [3.05, 3.63) is 47.8 Å². The molecule has 0 aliphatic heterocycles. The van der Waals surface area contributed by atoms with Gasteiger partial charge in [-0.15, -0.1) is 0 Å². The Morgan fingerprint density at radius 3 is 2.61 bits per heavy atom. The normalized spacial score (nSPS) is 10.3. The van der Waals surface area contributed by atoms with Gasteiger partial charge in [0.1, 0.15) is 0 Å². The molecule has 0 unspecified atom stereocenters. The van der Waals surface area contributed by atoms with E-state index >= 15 is 0 Å². The molecule has 1 N–H and O–H groups in total. The van der Waals surface area contributed by atoms with Crippen LogP contribution in [0.5, 0.6) is 0 Å². The van der Waals surface area contributed by atoms with Crippen molar-refractivity contribution >= 4 is 11.5 Å². The standard InChI is InChI=1S/C14H17N3O/c1-11-9-16-17(10-11)8-7-15-14-5-3-13(4-6-14)12(2)18/h3-6,9-10,15H,7-8H2,1-2H3. The maximum absolute atomic E-state index is 11.1. The fraction of sp³-hybridized carbons (Fsp3) is 0.286. The number of ketones is 1. The minimum Gasteiger partial charge on any atom is -0.383 e. The molecule has 0 atom stereocenters. The Kier molecular flexibility index (Phi) is 3.77. The molecule has 0 spiro atoms. The summed E-state index contributed by atoms with van der Waals surface area (Å²) in [7, 11) is 0. The topological polar surface area (TPSA) is 46.9 Å². The van der Waals surface area contributed by atoms with Gasteiger partial charge in [0.25, 0.3) is 0 Å². The van der Waals surface area contributed by atoms with Crippen LogP contribution in [0.3, 0.4) is 0 Å². The molecule has 4 nitrogen and oxygen atoms in total. The Morgan fingerprint density at radius 2 is 2.06 bits per heavy atom. The van der Waals surface area contributed by atoms with Crippen LogP contribution in [0.15, 0.2) is 36.7 Å². The second-order valence-electron chi connectivity index (χ2n) is 4.34. The average molecular weight is 243 g/mol. The largest absolute Gasteiger partial charge is 0.383 e. The summed E-state index contributed by atoms with van der Waals surface area (Å²) in [5.74, 6) is 0.0913. The number of nitrogens with zero attached hydrogens (tertiary/aromatic N) is 2. The number of Topliss-reactive ketones (excluding diaryl/α,β-unsaturated/α-hetero) is 1. The molecule has 0 aliphatic carbocycles. The molecule has 0 aliphatic rings. The number of benzene rings is 1. The van der Waals surface area contributed by atoms with E-state index in [9.17, 15) is 4.79 Å². The van der Waals surface area contributed by atoms with Gasteiger partial charge >= 0.3 is 0 Å². The maximum Gasteiger partial charge on any atom is 0.159 e. The summed E-state index contributed by atoms with van der Waals surface area (Å²) >= 11 is 0. The van der Waals surface area contributed by atoms with Gasteiger partial charge in [-0.25, -0.2) is 0 Å². The number of nitrogens with one attached hydrogen (secondary N) is 1. The molecular weight excluding hydrogens is 226 g/mol. The van der Waals surface area contributed by atoms with E-state index in [4.69, 9.17) is 0 Å². The van der Waals surface area contributed by atoms with Crippen LogP contribution in [0.25, 0.3) is 0 Å². The lowest BCUT2D eigenvalue weighted by Gasteiger charge is -2.07. The van der Waals surface area contributed by atoms with Gasteiger partial charge in [-0.2, -0.15) is 5.10 Å². The summed E-state index contributed by atoms with van der Waals surface area (Å²) < 4.78 is 1.91. The number of rotatable bonds is 5. The quantitative estimate of drug-likeness (QED) is 0.821. The van der Waals surface area contributed by atoms with Crippen molar-refractivity contribution in [2.24, 2.45) is 0 Å². The zero-order valence-corrected chi connectivity index (χ0v) is 10.7. The number of aryl methyl sites for hydroxylation is 1. The van der Waals surface area contributed by atoms with E-state index in [-0.39, 0.29) is 5.78 Å². The lowest BCUT2D eigenvalue weighted by atomic mass is 10.1. The minimum absolute atomic E-state index is 0.0913. The predicted octanol–water partition coefficient (Wildman–Crippen LogP) is 2.51. The summed E-state index contributed by atoms with van der Waals surface area (Å²) in [5.41, 5.74) is 2.92. The number of hydrogen-bond donors (Lipinski definition) is 1. The monoisotopic (exact) mass is 243 g/mol. The van der Waals surface area contributed by atoms with Gasteiger partial charge in [0.2, 0.25) is 0 Å². The summed E-state index contributed by atoms with van der Waals surface area (Å²) in [6.45, 7) is 5.22.